The summed E-state index contributed by atoms with van der Waals surface area (Å²) in [5.41, 5.74) is 7.44. The van der Waals surface area contributed by atoms with E-state index in [0.717, 1.165) is 29.8 Å². The quantitative estimate of drug-likeness (QED) is 0.572. The maximum Gasteiger partial charge on any atom is 0.332 e. The van der Waals surface area contributed by atoms with E-state index in [0.29, 0.717) is 30.2 Å². The highest BCUT2D eigenvalue weighted by Crippen LogP contribution is 2.20. The molecule has 2 aromatic heterocycles. The molecule has 1 fully saturated rings. The summed E-state index contributed by atoms with van der Waals surface area (Å²) in [5.74, 6) is 0.676. The van der Waals surface area contributed by atoms with E-state index >= 15 is 0 Å². The number of aliphatic hydroxyl groups is 1. The van der Waals surface area contributed by atoms with Gasteiger partial charge < -0.3 is 25.6 Å². The zero-order valence-corrected chi connectivity index (χ0v) is 18.8. The lowest BCUT2D eigenvalue weighted by Crippen LogP contribution is -2.40. The van der Waals surface area contributed by atoms with E-state index in [9.17, 15) is 9.59 Å². The number of nitrogens with two attached hydrogens (primary N) is 1. The molecule has 10 heteroatoms. The van der Waals surface area contributed by atoms with Crippen LogP contribution in [0.4, 0.5) is 5.95 Å². The van der Waals surface area contributed by atoms with Crippen LogP contribution in [0.25, 0.3) is 11.2 Å². The second-order valence-electron chi connectivity index (χ2n) is 8.19. The lowest BCUT2D eigenvalue weighted by Gasteiger charge is -2.23. The number of allylic oxidation sites excluding steroid dienone is 2. The summed E-state index contributed by atoms with van der Waals surface area (Å²) in [4.78, 5) is 31.9. The van der Waals surface area contributed by atoms with Crippen molar-refractivity contribution in [3.8, 4) is 0 Å². The second kappa shape index (κ2) is 10.1. The molecule has 30 heavy (non-hydrogen) atoms. The van der Waals surface area contributed by atoms with Crippen LogP contribution in [0.3, 0.4) is 0 Å². The molecule has 0 spiro atoms. The van der Waals surface area contributed by atoms with Crippen LogP contribution >= 0.6 is 0 Å². The molecule has 1 saturated heterocycles. The molecule has 2 aromatic rings. The topological polar surface area (TPSA) is 123 Å². The van der Waals surface area contributed by atoms with Gasteiger partial charge in [0.1, 0.15) is 0 Å². The number of nitrogens with zero attached hydrogens (tertiary/aromatic N) is 5. The number of aromatic nitrogens is 4. The van der Waals surface area contributed by atoms with E-state index in [1.165, 1.54) is 11.6 Å². The average molecular weight is 422 g/mol. The van der Waals surface area contributed by atoms with Gasteiger partial charge in [0.15, 0.2) is 11.2 Å². The van der Waals surface area contributed by atoms with E-state index in [1.807, 2.05) is 24.5 Å². The van der Waals surface area contributed by atoms with Crippen molar-refractivity contribution in [1.82, 2.24) is 24.0 Å². The molecular formula is C20H35N7O3. The molecule has 0 aromatic carbocycles. The first-order valence-corrected chi connectivity index (χ1v) is 10.2. The second-order valence-corrected chi connectivity index (χ2v) is 8.19. The van der Waals surface area contributed by atoms with Crippen molar-refractivity contribution in [2.24, 2.45) is 19.8 Å². The van der Waals surface area contributed by atoms with Gasteiger partial charge in [0, 0.05) is 59.0 Å². The van der Waals surface area contributed by atoms with Gasteiger partial charge in [0.25, 0.3) is 5.56 Å². The van der Waals surface area contributed by atoms with Crippen LogP contribution < -0.4 is 27.2 Å². The molecule has 0 amide bonds. The van der Waals surface area contributed by atoms with Gasteiger partial charge in [-0.2, -0.15) is 4.98 Å². The first-order valence-electron chi connectivity index (χ1n) is 10.2. The summed E-state index contributed by atoms with van der Waals surface area (Å²) < 4.78 is 4.44. The standard InChI is InChI=1S/C17H27N7O2.C3H8O/c1-11(2)5-7-24-13-14(21(3)17(26)22(4)15(13)25)20-16(24)23-8-6-19-9-12(18)10-23;1-3(2)4/h5,12,19H,6-10,18H2,1-4H3;3-4H,1-2H3. The summed E-state index contributed by atoms with van der Waals surface area (Å²) in [5, 5.41) is 11.4. The van der Waals surface area contributed by atoms with Gasteiger partial charge in [0.2, 0.25) is 5.95 Å². The van der Waals surface area contributed by atoms with E-state index in [-0.39, 0.29) is 23.4 Å². The largest absolute Gasteiger partial charge is 0.394 e. The fourth-order valence-corrected chi connectivity index (χ4v) is 3.25. The normalized spacial score (nSPS) is 17.0. The minimum absolute atomic E-state index is 0.0270. The third kappa shape index (κ3) is 5.38. The van der Waals surface area contributed by atoms with Crippen LogP contribution in [0.2, 0.25) is 0 Å². The molecule has 1 aliphatic rings. The minimum Gasteiger partial charge on any atom is -0.394 e. The Morgan fingerprint density at radius 3 is 2.53 bits per heavy atom. The van der Waals surface area contributed by atoms with Gasteiger partial charge in [-0.1, -0.05) is 11.6 Å². The van der Waals surface area contributed by atoms with Crippen LogP contribution in [0.15, 0.2) is 21.2 Å². The molecule has 1 aliphatic heterocycles. The van der Waals surface area contributed by atoms with Gasteiger partial charge in [0.05, 0.1) is 0 Å². The Kier molecular flexibility index (Phi) is 7.99. The SMILES string of the molecule is CC(C)=CCn1c(N2CCNCC(N)C2)nc2c1c(=O)n(C)c(=O)n2C.CC(C)O. The average Bonchev–Trinajstić information content (AvgIpc) is 2.91. The van der Waals surface area contributed by atoms with Crippen molar-refractivity contribution in [1.29, 1.82) is 0 Å². The molecule has 1 unspecified atom stereocenters. The molecular weight excluding hydrogens is 386 g/mol. The molecule has 168 valence electrons. The lowest BCUT2D eigenvalue weighted by atomic mass is 10.3. The third-order valence-corrected chi connectivity index (χ3v) is 4.71. The number of fused-ring (bicyclic) bond motifs is 1. The lowest BCUT2D eigenvalue weighted by molar-refractivity contribution is 0.216. The predicted molar refractivity (Wildman–Crippen MR) is 120 cm³/mol. The number of hydrogen-bond donors (Lipinski definition) is 3. The van der Waals surface area contributed by atoms with Gasteiger partial charge in [-0.15, -0.1) is 0 Å². The number of aliphatic hydroxyl groups excluding tert-OH is 1. The zero-order valence-electron chi connectivity index (χ0n) is 18.8. The molecule has 0 aliphatic carbocycles. The summed E-state index contributed by atoms with van der Waals surface area (Å²) >= 11 is 0. The van der Waals surface area contributed by atoms with Crippen molar-refractivity contribution in [3.05, 3.63) is 32.5 Å². The first-order chi connectivity index (χ1) is 14.0. The van der Waals surface area contributed by atoms with Crippen LogP contribution in [0.5, 0.6) is 0 Å². The monoisotopic (exact) mass is 421 g/mol. The molecule has 3 heterocycles. The molecule has 3 rings (SSSR count). The van der Waals surface area contributed by atoms with Crippen molar-refractivity contribution >= 4 is 17.1 Å². The number of aryl methyl sites for hydroxylation is 1. The van der Waals surface area contributed by atoms with Gasteiger partial charge in [-0.25, -0.2) is 4.79 Å². The number of nitrogens with one attached hydrogen (secondary N) is 1. The molecule has 4 N–H and O–H groups in total. The molecule has 1 atom stereocenters. The predicted octanol–water partition coefficient (Wildman–Crippen LogP) is -0.476. The highest BCUT2D eigenvalue weighted by molar-refractivity contribution is 5.74. The number of hydrogen-bond acceptors (Lipinski definition) is 7. The van der Waals surface area contributed by atoms with E-state index in [1.54, 1.807) is 20.9 Å². The van der Waals surface area contributed by atoms with Crippen molar-refractivity contribution in [2.45, 2.75) is 46.4 Å². The fourth-order valence-electron chi connectivity index (χ4n) is 3.25. The van der Waals surface area contributed by atoms with Crippen molar-refractivity contribution in [3.63, 3.8) is 0 Å². The Hall–Kier alpha value is -2.43. The Balaban J connectivity index is 0.000000735. The van der Waals surface area contributed by atoms with Crippen molar-refractivity contribution in [2.75, 3.05) is 31.1 Å². The van der Waals surface area contributed by atoms with Crippen LogP contribution in [0.1, 0.15) is 27.7 Å². The van der Waals surface area contributed by atoms with Gasteiger partial charge >= 0.3 is 5.69 Å². The molecule has 0 radical (unpaired) electrons. The van der Waals surface area contributed by atoms with Gasteiger partial charge in [-0.05, 0) is 27.7 Å². The molecule has 10 nitrogen and oxygen atoms in total. The third-order valence-electron chi connectivity index (χ3n) is 4.71. The maximum absolute atomic E-state index is 12.8. The van der Waals surface area contributed by atoms with E-state index in [4.69, 9.17) is 10.8 Å². The summed E-state index contributed by atoms with van der Waals surface area (Å²) in [6.45, 7) is 10.9. The Bertz CT molecular complexity index is 1010. The van der Waals surface area contributed by atoms with Crippen LogP contribution in [0, 0.1) is 0 Å². The van der Waals surface area contributed by atoms with E-state index < -0.39 is 0 Å². The number of imidazole rings is 1. The zero-order chi connectivity index (χ0) is 22.6. The van der Waals surface area contributed by atoms with Crippen LogP contribution in [-0.2, 0) is 20.6 Å². The first kappa shape index (κ1) is 23.8. The van der Waals surface area contributed by atoms with Crippen molar-refractivity contribution < 1.29 is 5.11 Å². The Morgan fingerprint density at radius 2 is 1.93 bits per heavy atom. The fraction of sp³-hybridized carbons (Fsp3) is 0.650. The highest BCUT2D eigenvalue weighted by atomic mass is 16.3. The number of anilines is 1. The van der Waals surface area contributed by atoms with E-state index in [2.05, 4.69) is 15.2 Å². The summed E-state index contributed by atoms with van der Waals surface area (Å²) in [6.07, 6.45) is 1.88. The number of rotatable bonds is 3. The Labute approximate surface area is 176 Å². The summed E-state index contributed by atoms with van der Waals surface area (Å²) in [6, 6.07) is -0.0270. The minimum atomic E-state index is -0.379. The maximum atomic E-state index is 12.8. The smallest absolute Gasteiger partial charge is 0.332 e. The molecule has 0 bridgehead atoms. The molecule has 0 saturated carbocycles. The highest BCUT2D eigenvalue weighted by Gasteiger charge is 2.24. The summed E-state index contributed by atoms with van der Waals surface area (Å²) in [7, 11) is 3.13. The Morgan fingerprint density at radius 1 is 1.30 bits per heavy atom. The van der Waals surface area contributed by atoms with Crippen LogP contribution in [-0.4, -0.2) is 62.1 Å². The van der Waals surface area contributed by atoms with Gasteiger partial charge in [-0.3, -0.25) is 13.9 Å².